The van der Waals surface area contributed by atoms with Gasteiger partial charge in [-0.25, -0.2) is 0 Å². The van der Waals surface area contributed by atoms with Crippen molar-refractivity contribution in [1.29, 1.82) is 0 Å². The van der Waals surface area contributed by atoms with E-state index in [0.717, 1.165) is 13.1 Å². The van der Waals surface area contributed by atoms with Gasteiger partial charge in [-0.15, -0.1) is 0 Å². The van der Waals surface area contributed by atoms with Crippen LogP contribution in [0.1, 0.15) is 24.0 Å². The number of benzene rings is 2. The molecule has 2 saturated heterocycles. The Morgan fingerprint density at radius 1 is 0.731 bits per heavy atom. The van der Waals surface area contributed by atoms with Crippen molar-refractivity contribution in [3.05, 3.63) is 59.7 Å². The van der Waals surface area contributed by atoms with Gasteiger partial charge in [0, 0.05) is 36.3 Å². The predicted octanol–water partition coefficient (Wildman–Crippen LogP) is 2.40. The summed E-state index contributed by atoms with van der Waals surface area (Å²) >= 11 is 0. The van der Waals surface area contributed by atoms with Crippen LogP contribution in [0.2, 0.25) is 0 Å². The normalized spacial score (nSPS) is 36.8. The molecule has 0 spiro atoms. The van der Waals surface area contributed by atoms with Crippen molar-refractivity contribution in [3.63, 3.8) is 0 Å². The van der Waals surface area contributed by atoms with Crippen molar-refractivity contribution in [3.8, 4) is 0 Å². The summed E-state index contributed by atoms with van der Waals surface area (Å²) in [5.74, 6) is 0. The second-order valence-electron chi connectivity index (χ2n) is 8.41. The molecule has 0 aromatic heterocycles. The Balaban J connectivity index is 1.69. The van der Waals surface area contributed by atoms with Crippen LogP contribution in [0.4, 0.5) is 11.4 Å². The maximum Gasteiger partial charge on any atom is 0.0902 e. The summed E-state index contributed by atoms with van der Waals surface area (Å²) in [7, 11) is 4.53. The quantitative estimate of drug-likeness (QED) is 0.830. The first-order chi connectivity index (χ1) is 12.7. The molecular weight excluding hydrogens is 320 g/mol. The highest BCUT2D eigenvalue weighted by Gasteiger charge is 2.70. The minimum atomic E-state index is 0.105. The van der Waals surface area contributed by atoms with Gasteiger partial charge in [0.2, 0.25) is 0 Å². The summed E-state index contributed by atoms with van der Waals surface area (Å²) in [5, 5.41) is 7.73. The maximum absolute atomic E-state index is 3.87. The number of anilines is 2. The van der Waals surface area contributed by atoms with Crippen molar-refractivity contribution >= 4 is 11.4 Å². The highest BCUT2D eigenvalue weighted by Crippen LogP contribution is 2.65. The van der Waals surface area contributed by atoms with Crippen LogP contribution >= 0.6 is 0 Å². The van der Waals surface area contributed by atoms with Crippen LogP contribution in [-0.4, -0.2) is 39.5 Å². The van der Waals surface area contributed by atoms with Crippen LogP contribution in [0, 0.1) is 0 Å². The van der Waals surface area contributed by atoms with Gasteiger partial charge in [-0.05, 0) is 49.2 Å². The molecule has 2 N–H and O–H groups in total. The van der Waals surface area contributed by atoms with Crippen LogP contribution in [0.3, 0.4) is 0 Å². The van der Waals surface area contributed by atoms with Gasteiger partial charge in [0.1, 0.15) is 0 Å². The van der Waals surface area contributed by atoms with E-state index in [4.69, 9.17) is 0 Å². The molecule has 2 aromatic carbocycles. The van der Waals surface area contributed by atoms with Crippen molar-refractivity contribution in [1.82, 2.24) is 10.6 Å². The fourth-order valence-electron chi connectivity index (χ4n) is 6.94. The molecule has 0 saturated carbocycles. The van der Waals surface area contributed by atoms with Crippen LogP contribution in [-0.2, 0) is 10.8 Å². The van der Waals surface area contributed by atoms with E-state index >= 15 is 0 Å². The summed E-state index contributed by atoms with van der Waals surface area (Å²) in [4.78, 5) is 4.99. The van der Waals surface area contributed by atoms with Gasteiger partial charge in [0.15, 0.2) is 0 Å². The first-order valence-electron chi connectivity index (χ1n) is 9.83. The third-order valence-corrected chi connectivity index (χ3v) is 7.75. The smallest absolute Gasteiger partial charge is 0.0902 e. The predicted molar refractivity (Wildman–Crippen MR) is 106 cm³/mol. The number of hydrogen-bond donors (Lipinski definition) is 2. The average molecular weight is 346 g/mol. The number of likely N-dealkylation sites (N-methyl/N-ethyl adjacent to an activating group) is 2. The topological polar surface area (TPSA) is 30.5 Å². The third kappa shape index (κ3) is 1.40. The average Bonchev–Trinajstić information content (AvgIpc) is 3.40. The Bertz CT molecular complexity index is 822. The Morgan fingerprint density at radius 3 is 1.62 bits per heavy atom. The third-order valence-electron chi connectivity index (χ3n) is 7.75. The molecule has 4 nitrogen and oxygen atoms in total. The zero-order valence-electron chi connectivity index (χ0n) is 15.5. The first-order valence-corrected chi connectivity index (χ1v) is 9.83. The van der Waals surface area contributed by atoms with Gasteiger partial charge in [0.25, 0.3) is 0 Å². The first kappa shape index (κ1) is 15.1. The van der Waals surface area contributed by atoms with E-state index < -0.39 is 0 Å². The van der Waals surface area contributed by atoms with Gasteiger partial charge >= 0.3 is 0 Å². The lowest BCUT2D eigenvalue weighted by atomic mass is 9.55. The van der Waals surface area contributed by atoms with E-state index in [1.165, 1.54) is 35.3 Å². The lowest BCUT2D eigenvalue weighted by molar-refractivity contribution is 0.187. The highest BCUT2D eigenvalue weighted by atomic mass is 15.4. The number of fused-ring (bicyclic) bond motifs is 7. The number of nitrogens with zero attached hydrogens (tertiary/aromatic N) is 2. The number of hydrogen-bond acceptors (Lipinski definition) is 4. The molecule has 4 atom stereocenters. The molecule has 26 heavy (non-hydrogen) atoms. The van der Waals surface area contributed by atoms with Crippen molar-refractivity contribution in [2.75, 3.05) is 37.0 Å². The van der Waals surface area contributed by atoms with Gasteiger partial charge in [-0.1, -0.05) is 36.4 Å². The van der Waals surface area contributed by atoms with E-state index in [1.54, 1.807) is 0 Å². The zero-order chi connectivity index (χ0) is 17.5. The fourth-order valence-corrected chi connectivity index (χ4v) is 6.94. The summed E-state index contributed by atoms with van der Waals surface area (Å²) in [6.07, 6.45) is 3.11. The molecule has 0 radical (unpaired) electrons. The Kier molecular flexibility index (Phi) is 2.79. The standard InChI is InChI=1S/C22H26N4/c1-25-17-9-5-3-7-15(17)21(11-13-23-19(21)25)22-12-14-24-20(22)26(2)18-10-6-4-8-16(18)22/h3-10,19-20,23-24H,11-14H2,1-2H3/t19-,20-,21-,22-/m1/s1. The number of nitrogens with one attached hydrogen (secondary N) is 2. The molecule has 0 bridgehead atoms. The molecule has 0 unspecified atom stereocenters. The number of rotatable bonds is 1. The molecule has 6 rings (SSSR count). The Labute approximate surface area is 155 Å². The van der Waals surface area contributed by atoms with E-state index in [9.17, 15) is 0 Å². The van der Waals surface area contributed by atoms with Gasteiger partial charge in [-0.2, -0.15) is 0 Å². The van der Waals surface area contributed by atoms with Crippen molar-refractivity contribution in [2.24, 2.45) is 0 Å². The Morgan fingerprint density at radius 2 is 1.15 bits per heavy atom. The molecule has 4 aliphatic heterocycles. The molecular formula is C22H26N4. The SMILES string of the molecule is CN1c2ccccc2[C@]2([C@@]34CCN[C@@H]3N(C)c3ccccc34)CCN[C@H]12. The van der Waals surface area contributed by atoms with Crippen molar-refractivity contribution < 1.29 is 0 Å². The van der Waals surface area contributed by atoms with Crippen molar-refractivity contribution in [2.45, 2.75) is 36.0 Å². The van der Waals surface area contributed by atoms with Crippen LogP contribution in [0.15, 0.2) is 48.5 Å². The monoisotopic (exact) mass is 346 g/mol. The second kappa shape index (κ2) is 4.81. The maximum atomic E-state index is 3.87. The minimum absolute atomic E-state index is 0.105. The lowest BCUT2D eigenvalue weighted by Gasteiger charge is -2.48. The highest BCUT2D eigenvalue weighted by molar-refractivity contribution is 5.73. The van der Waals surface area contributed by atoms with Crippen LogP contribution in [0.5, 0.6) is 0 Å². The largest absolute Gasteiger partial charge is 0.358 e. The van der Waals surface area contributed by atoms with E-state index in [0.29, 0.717) is 12.3 Å². The zero-order valence-corrected chi connectivity index (χ0v) is 15.5. The number of para-hydroxylation sites is 2. The van der Waals surface area contributed by atoms with E-state index in [-0.39, 0.29) is 10.8 Å². The van der Waals surface area contributed by atoms with E-state index in [1.807, 2.05) is 0 Å². The molecule has 2 fully saturated rings. The fraction of sp³-hybridized carbons (Fsp3) is 0.455. The molecule has 134 valence electrons. The van der Waals surface area contributed by atoms with Gasteiger partial charge < -0.3 is 9.80 Å². The minimum Gasteiger partial charge on any atom is -0.358 e. The molecule has 0 aliphatic carbocycles. The lowest BCUT2D eigenvalue weighted by Crippen LogP contribution is -2.62. The molecule has 4 heteroatoms. The van der Waals surface area contributed by atoms with E-state index in [2.05, 4.69) is 83.1 Å². The van der Waals surface area contributed by atoms with Gasteiger partial charge in [-0.3, -0.25) is 10.6 Å². The molecule has 4 aliphatic rings. The molecule has 2 aromatic rings. The Hall–Kier alpha value is -2.04. The summed E-state index contributed by atoms with van der Waals surface area (Å²) in [5.41, 5.74) is 6.09. The summed E-state index contributed by atoms with van der Waals surface area (Å²) in [6, 6.07) is 18.2. The van der Waals surface area contributed by atoms with Crippen LogP contribution < -0.4 is 20.4 Å². The van der Waals surface area contributed by atoms with Crippen LogP contribution in [0.25, 0.3) is 0 Å². The second-order valence-corrected chi connectivity index (χ2v) is 8.41. The molecule has 0 amide bonds. The van der Waals surface area contributed by atoms with Gasteiger partial charge in [0.05, 0.1) is 12.3 Å². The molecule has 4 heterocycles. The summed E-state index contributed by atoms with van der Waals surface area (Å²) in [6.45, 7) is 2.17. The summed E-state index contributed by atoms with van der Waals surface area (Å²) < 4.78 is 0.